The topological polar surface area (TPSA) is 76.0 Å². The van der Waals surface area contributed by atoms with Crippen molar-refractivity contribution in [3.63, 3.8) is 0 Å². The molecule has 0 fully saturated rings. The smallest absolute Gasteiger partial charge is 0.322 e. The lowest BCUT2D eigenvalue weighted by Crippen LogP contribution is -2.17. The SMILES string of the molecule is Cn1nccc1C(=O)Nc1cccc(C(=O)Nc2cccc(C(F)(F)F)c2)c1. The van der Waals surface area contributed by atoms with Crippen LogP contribution in [0.4, 0.5) is 24.5 Å². The zero-order valence-corrected chi connectivity index (χ0v) is 14.6. The Morgan fingerprint density at radius 3 is 2.21 bits per heavy atom. The van der Waals surface area contributed by atoms with E-state index in [0.717, 1.165) is 12.1 Å². The van der Waals surface area contributed by atoms with Crippen molar-refractivity contribution in [3.8, 4) is 0 Å². The van der Waals surface area contributed by atoms with Crippen molar-refractivity contribution >= 4 is 23.2 Å². The number of halogens is 3. The molecule has 2 aromatic carbocycles. The number of aryl methyl sites for hydroxylation is 1. The van der Waals surface area contributed by atoms with E-state index >= 15 is 0 Å². The van der Waals surface area contributed by atoms with Crippen molar-refractivity contribution in [2.75, 3.05) is 10.6 Å². The minimum absolute atomic E-state index is 0.0177. The quantitative estimate of drug-likeness (QED) is 0.711. The standard InChI is InChI=1S/C19H15F3N4O2/c1-26-16(8-9-23-26)18(28)25-14-6-2-4-12(10-14)17(27)24-15-7-3-5-13(11-15)19(20,21)22/h2-11H,1H3,(H,24,27)(H,25,28). The number of carbonyl (C=O) groups excluding carboxylic acids is 2. The minimum Gasteiger partial charge on any atom is -0.322 e. The molecule has 0 radical (unpaired) electrons. The molecule has 0 unspecified atom stereocenters. The summed E-state index contributed by atoms with van der Waals surface area (Å²) in [4.78, 5) is 24.6. The van der Waals surface area contributed by atoms with Gasteiger partial charge in [0.15, 0.2) is 0 Å². The van der Waals surface area contributed by atoms with Gasteiger partial charge in [0.2, 0.25) is 0 Å². The third-order valence-electron chi connectivity index (χ3n) is 3.88. The molecule has 1 aromatic heterocycles. The van der Waals surface area contributed by atoms with E-state index in [0.29, 0.717) is 11.4 Å². The minimum atomic E-state index is -4.50. The summed E-state index contributed by atoms with van der Waals surface area (Å²) in [5.74, 6) is -1.01. The van der Waals surface area contributed by atoms with Crippen LogP contribution in [0.3, 0.4) is 0 Å². The van der Waals surface area contributed by atoms with Gasteiger partial charge in [-0.25, -0.2) is 0 Å². The number of nitrogens with one attached hydrogen (secondary N) is 2. The Bertz CT molecular complexity index is 1030. The third kappa shape index (κ3) is 4.37. The molecule has 2 N–H and O–H groups in total. The number of benzene rings is 2. The average Bonchev–Trinajstić information content (AvgIpc) is 3.07. The van der Waals surface area contributed by atoms with Crippen LogP contribution in [0.1, 0.15) is 26.4 Å². The Morgan fingerprint density at radius 2 is 1.57 bits per heavy atom. The molecule has 0 aliphatic carbocycles. The maximum absolute atomic E-state index is 12.8. The fourth-order valence-corrected chi connectivity index (χ4v) is 2.51. The highest BCUT2D eigenvalue weighted by Gasteiger charge is 2.30. The number of aromatic nitrogens is 2. The molecule has 3 rings (SSSR count). The van der Waals surface area contributed by atoms with Gasteiger partial charge < -0.3 is 10.6 Å². The van der Waals surface area contributed by atoms with Crippen LogP contribution in [0.5, 0.6) is 0 Å². The maximum Gasteiger partial charge on any atom is 0.416 e. The van der Waals surface area contributed by atoms with E-state index in [2.05, 4.69) is 15.7 Å². The van der Waals surface area contributed by atoms with Crippen LogP contribution >= 0.6 is 0 Å². The third-order valence-corrected chi connectivity index (χ3v) is 3.88. The maximum atomic E-state index is 12.8. The summed E-state index contributed by atoms with van der Waals surface area (Å²) in [7, 11) is 1.62. The first-order valence-corrected chi connectivity index (χ1v) is 8.12. The zero-order valence-electron chi connectivity index (χ0n) is 14.6. The van der Waals surface area contributed by atoms with Gasteiger partial charge in [-0.05, 0) is 42.5 Å². The summed E-state index contributed by atoms with van der Waals surface area (Å²) in [5.41, 5.74) is 0.0357. The summed E-state index contributed by atoms with van der Waals surface area (Å²) < 4.78 is 39.8. The van der Waals surface area contributed by atoms with E-state index in [1.165, 1.54) is 35.1 Å². The van der Waals surface area contributed by atoms with Gasteiger partial charge in [0, 0.05) is 30.2 Å². The first-order chi connectivity index (χ1) is 13.2. The molecule has 1 heterocycles. The number of anilines is 2. The first kappa shape index (κ1) is 19.2. The molecule has 0 bridgehead atoms. The van der Waals surface area contributed by atoms with Gasteiger partial charge in [-0.2, -0.15) is 18.3 Å². The molecule has 144 valence electrons. The lowest BCUT2D eigenvalue weighted by molar-refractivity contribution is -0.137. The van der Waals surface area contributed by atoms with Gasteiger partial charge in [-0.3, -0.25) is 14.3 Å². The number of hydrogen-bond acceptors (Lipinski definition) is 3. The molecule has 0 saturated carbocycles. The molecular formula is C19H15F3N4O2. The van der Waals surface area contributed by atoms with Crippen molar-refractivity contribution in [3.05, 3.63) is 77.6 Å². The summed E-state index contributed by atoms with van der Waals surface area (Å²) in [6.07, 6.45) is -3.02. The largest absolute Gasteiger partial charge is 0.416 e. The van der Waals surface area contributed by atoms with E-state index < -0.39 is 23.6 Å². The fraction of sp³-hybridized carbons (Fsp3) is 0.105. The lowest BCUT2D eigenvalue weighted by atomic mass is 10.1. The van der Waals surface area contributed by atoms with Crippen molar-refractivity contribution in [2.24, 2.45) is 7.05 Å². The summed E-state index contributed by atoms with van der Waals surface area (Å²) >= 11 is 0. The first-order valence-electron chi connectivity index (χ1n) is 8.12. The van der Waals surface area contributed by atoms with Crippen LogP contribution in [-0.2, 0) is 13.2 Å². The van der Waals surface area contributed by atoms with Crippen LogP contribution in [-0.4, -0.2) is 21.6 Å². The van der Waals surface area contributed by atoms with E-state index in [-0.39, 0.29) is 11.3 Å². The van der Waals surface area contributed by atoms with Crippen LogP contribution < -0.4 is 10.6 Å². The molecule has 28 heavy (non-hydrogen) atoms. The van der Waals surface area contributed by atoms with Gasteiger partial charge in [0.05, 0.1) is 5.56 Å². The summed E-state index contributed by atoms with van der Waals surface area (Å²) in [6.45, 7) is 0. The number of rotatable bonds is 4. The Labute approximate surface area is 158 Å². The van der Waals surface area contributed by atoms with Gasteiger partial charge in [-0.15, -0.1) is 0 Å². The summed E-state index contributed by atoms with van der Waals surface area (Å²) in [6, 6.07) is 12.0. The Balaban J connectivity index is 1.74. The van der Waals surface area contributed by atoms with Crippen molar-refractivity contribution < 1.29 is 22.8 Å². The van der Waals surface area contributed by atoms with Crippen LogP contribution in [0.25, 0.3) is 0 Å². The predicted molar refractivity (Wildman–Crippen MR) is 97.0 cm³/mol. The number of carbonyl (C=O) groups is 2. The molecule has 2 amide bonds. The molecule has 9 heteroatoms. The van der Waals surface area contributed by atoms with Gasteiger partial charge in [0.25, 0.3) is 11.8 Å². The molecule has 0 aliphatic heterocycles. The second-order valence-electron chi connectivity index (χ2n) is 5.91. The molecule has 0 aliphatic rings. The lowest BCUT2D eigenvalue weighted by Gasteiger charge is -2.11. The van der Waals surface area contributed by atoms with Crippen molar-refractivity contribution in [2.45, 2.75) is 6.18 Å². The van der Waals surface area contributed by atoms with E-state index in [1.54, 1.807) is 25.2 Å². The number of alkyl halides is 3. The highest BCUT2D eigenvalue weighted by molar-refractivity contribution is 6.07. The Hall–Kier alpha value is -3.62. The van der Waals surface area contributed by atoms with Crippen LogP contribution in [0.2, 0.25) is 0 Å². The molecular weight excluding hydrogens is 373 g/mol. The molecule has 6 nitrogen and oxygen atoms in total. The number of amides is 2. The van der Waals surface area contributed by atoms with E-state index in [9.17, 15) is 22.8 Å². The van der Waals surface area contributed by atoms with Crippen LogP contribution in [0.15, 0.2) is 60.8 Å². The normalized spacial score (nSPS) is 11.1. The van der Waals surface area contributed by atoms with Gasteiger partial charge >= 0.3 is 6.18 Å². The van der Waals surface area contributed by atoms with Crippen molar-refractivity contribution in [1.82, 2.24) is 9.78 Å². The van der Waals surface area contributed by atoms with Crippen molar-refractivity contribution in [1.29, 1.82) is 0 Å². The second-order valence-corrected chi connectivity index (χ2v) is 5.91. The monoisotopic (exact) mass is 388 g/mol. The Morgan fingerprint density at radius 1 is 0.929 bits per heavy atom. The Kier molecular flexibility index (Phi) is 5.16. The average molecular weight is 388 g/mol. The van der Waals surface area contributed by atoms with E-state index in [1.807, 2.05) is 0 Å². The summed E-state index contributed by atoms with van der Waals surface area (Å²) in [5, 5.41) is 8.97. The highest BCUT2D eigenvalue weighted by Crippen LogP contribution is 2.30. The molecule has 0 spiro atoms. The highest BCUT2D eigenvalue weighted by atomic mass is 19.4. The van der Waals surface area contributed by atoms with Gasteiger partial charge in [-0.1, -0.05) is 12.1 Å². The number of nitrogens with zero attached hydrogens (tertiary/aromatic N) is 2. The number of hydrogen-bond donors (Lipinski definition) is 2. The molecule has 0 atom stereocenters. The van der Waals surface area contributed by atoms with E-state index in [4.69, 9.17) is 0 Å². The second kappa shape index (κ2) is 7.55. The predicted octanol–water partition coefficient (Wildman–Crippen LogP) is 3.94. The fourth-order valence-electron chi connectivity index (χ4n) is 2.51. The van der Waals surface area contributed by atoms with Crippen LogP contribution in [0, 0.1) is 0 Å². The molecule has 3 aromatic rings. The van der Waals surface area contributed by atoms with Gasteiger partial charge in [0.1, 0.15) is 5.69 Å². The zero-order chi connectivity index (χ0) is 20.3. The molecule has 0 saturated heterocycles.